The van der Waals surface area contributed by atoms with Crippen molar-refractivity contribution in [1.82, 2.24) is 4.90 Å². The van der Waals surface area contributed by atoms with E-state index in [1.54, 1.807) is 0 Å². The third-order valence-electron chi connectivity index (χ3n) is 3.45. The molecule has 112 valence electrons. The third kappa shape index (κ3) is 5.65. The van der Waals surface area contributed by atoms with Gasteiger partial charge in [0.15, 0.2) is 0 Å². The first kappa shape index (κ1) is 16.2. The molecule has 2 atom stereocenters. The van der Waals surface area contributed by atoms with Crippen molar-refractivity contribution in [2.75, 3.05) is 25.4 Å². The standard InChI is InChI=1S/C16H24ClNOS/c1-13-11-18(12-14(2)19-13)9-3-4-10-20-16-7-5-15(17)6-8-16/h5-8,13-14H,3-4,9-12H2,1-2H3/t13-,14+. The smallest absolute Gasteiger partial charge is 0.0678 e. The monoisotopic (exact) mass is 313 g/mol. The maximum absolute atomic E-state index is 5.88. The zero-order chi connectivity index (χ0) is 14.4. The molecule has 20 heavy (non-hydrogen) atoms. The highest BCUT2D eigenvalue weighted by atomic mass is 35.5. The number of nitrogens with zero attached hydrogens (tertiary/aromatic N) is 1. The quantitative estimate of drug-likeness (QED) is 0.573. The van der Waals surface area contributed by atoms with Crippen molar-refractivity contribution in [2.45, 2.75) is 43.8 Å². The van der Waals surface area contributed by atoms with Crippen LogP contribution in [0.15, 0.2) is 29.2 Å². The highest BCUT2D eigenvalue weighted by Crippen LogP contribution is 2.21. The molecule has 1 aliphatic heterocycles. The van der Waals surface area contributed by atoms with Gasteiger partial charge in [-0.05, 0) is 63.3 Å². The Morgan fingerprint density at radius 2 is 1.80 bits per heavy atom. The van der Waals surface area contributed by atoms with Crippen molar-refractivity contribution in [3.8, 4) is 0 Å². The SMILES string of the molecule is C[C@@H]1CN(CCCCSc2ccc(Cl)cc2)C[C@H](C)O1. The predicted molar refractivity (Wildman–Crippen MR) is 87.9 cm³/mol. The Kier molecular flexibility index (Phi) is 6.69. The fourth-order valence-corrected chi connectivity index (χ4v) is 3.66. The molecule has 0 saturated carbocycles. The lowest BCUT2D eigenvalue weighted by Gasteiger charge is -2.35. The number of benzene rings is 1. The van der Waals surface area contributed by atoms with Crippen molar-refractivity contribution < 1.29 is 4.74 Å². The second kappa shape index (κ2) is 8.28. The summed E-state index contributed by atoms with van der Waals surface area (Å²) >= 11 is 7.79. The lowest BCUT2D eigenvalue weighted by Crippen LogP contribution is -2.45. The molecule has 1 fully saturated rings. The number of ether oxygens (including phenoxy) is 1. The van der Waals surface area contributed by atoms with Crippen LogP contribution in [0.5, 0.6) is 0 Å². The van der Waals surface area contributed by atoms with Gasteiger partial charge < -0.3 is 4.74 Å². The predicted octanol–water partition coefficient (Wildman–Crippen LogP) is 4.32. The van der Waals surface area contributed by atoms with E-state index in [1.165, 1.54) is 30.0 Å². The Bertz CT molecular complexity index is 388. The summed E-state index contributed by atoms with van der Waals surface area (Å²) in [6, 6.07) is 8.11. The molecule has 0 N–H and O–H groups in total. The molecule has 1 aromatic rings. The van der Waals surface area contributed by atoms with Gasteiger partial charge >= 0.3 is 0 Å². The number of hydrogen-bond donors (Lipinski definition) is 0. The van der Waals surface area contributed by atoms with Crippen LogP contribution in [0.4, 0.5) is 0 Å². The van der Waals surface area contributed by atoms with Crippen LogP contribution in [-0.2, 0) is 4.74 Å². The van der Waals surface area contributed by atoms with E-state index >= 15 is 0 Å². The molecule has 4 heteroatoms. The summed E-state index contributed by atoms with van der Waals surface area (Å²) < 4.78 is 5.75. The van der Waals surface area contributed by atoms with Crippen molar-refractivity contribution in [1.29, 1.82) is 0 Å². The molecule has 0 unspecified atom stereocenters. The number of hydrogen-bond acceptors (Lipinski definition) is 3. The molecule has 2 rings (SSSR count). The van der Waals surface area contributed by atoms with E-state index in [0.717, 1.165) is 18.1 Å². The third-order valence-corrected chi connectivity index (χ3v) is 4.80. The molecule has 0 amide bonds. The Hall–Kier alpha value is -0.220. The van der Waals surface area contributed by atoms with E-state index in [9.17, 15) is 0 Å². The van der Waals surface area contributed by atoms with Gasteiger partial charge in [-0.25, -0.2) is 0 Å². The van der Waals surface area contributed by atoms with Gasteiger partial charge in [0.2, 0.25) is 0 Å². The zero-order valence-electron chi connectivity index (χ0n) is 12.3. The second-order valence-corrected chi connectivity index (χ2v) is 7.13. The van der Waals surface area contributed by atoms with Crippen LogP contribution >= 0.6 is 23.4 Å². The van der Waals surface area contributed by atoms with Gasteiger partial charge in [-0.15, -0.1) is 11.8 Å². The Labute approximate surface area is 131 Å². The maximum Gasteiger partial charge on any atom is 0.0678 e. The van der Waals surface area contributed by atoms with Crippen LogP contribution < -0.4 is 0 Å². The van der Waals surface area contributed by atoms with Gasteiger partial charge in [0, 0.05) is 23.0 Å². The Morgan fingerprint density at radius 1 is 1.15 bits per heavy atom. The van der Waals surface area contributed by atoms with Gasteiger partial charge in [-0.2, -0.15) is 0 Å². The minimum Gasteiger partial charge on any atom is -0.373 e. The highest BCUT2D eigenvalue weighted by molar-refractivity contribution is 7.99. The lowest BCUT2D eigenvalue weighted by atomic mass is 10.2. The normalized spacial score (nSPS) is 23.9. The van der Waals surface area contributed by atoms with E-state index in [0.29, 0.717) is 12.2 Å². The molecule has 0 aromatic heterocycles. The van der Waals surface area contributed by atoms with Crippen LogP contribution in [0.2, 0.25) is 5.02 Å². The van der Waals surface area contributed by atoms with Gasteiger partial charge in [-0.1, -0.05) is 11.6 Å². The first-order chi connectivity index (χ1) is 9.63. The van der Waals surface area contributed by atoms with Crippen molar-refractivity contribution in [2.24, 2.45) is 0 Å². The van der Waals surface area contributed by atoms with E-state index in [4.69, 9.17) is 16.3 Å². The molecular weight excluding hydrogens is 290 g/mol. The minimum absolute atomic E-state index is 0.377. The molecule has 1 aliphatic rings. The molecule has 0 radical (unpaired) electrons. The fraction of sp³-hybridized carbons (Fsp3) is 0.625. The summed E-state index contributed by atoms with van der Waals surface area (Å²) in [6.45, 7) is 7.68. The lowest BCUT2D eigenvalue weighted by molar-refractivity contribution is -0.0680. The maximum atomic E-state index is 5.88. The molecule has 0 aliphatic carbocycles. The van der Waals surface area contributed by atoms with Crippen LogP contribution in [0, 0.1) is 0 Å². The number of morpholine rings is 1. The highest BCUT2D eigenvalue weighted by Gasteiger charge is 2.21. The molecular formula is C16H24ClNOS. The second-order valence-electron chi connectivity index (χ2n) is 5.53. The topological polar surface area (TPSA) is 12.5 Å². The van der Waals surface area contributed by atoms with Crippen LogP contribution in [0.3, 0.4) is 0 Å². The van der Waals surface area contributed by atoms with Crippen LogP contribution in [0.1, 0.15) is 26.7 Å². The van der Waals surface area contributed by atoms with Crippen LogP contribution in [-0.4, -0.2) is 42.5 Å². The van der Waals surface area contributed by atoms with Crippen molar-refractivity contribution in [3.63, 3.8) is 0 Å². The summed E-state index contributed by atoms with van der Waals surface area (Å²) in [5.74, 6) is 1.18. The van der Waals surface area contributed by atoms with Crippen molar-refractivity contribution in [3.05, 3.63) is 29.3 Å². The summed E-state index contributed by atoms with van der Waals surface area (Å²) in [5, 5.41) is 0.810. The molecule has 1 aromatic carbocycles. The first-order valence-electron chi connectivity index (χ1n) is 7.39. The Morgan fingerprint density at radius 3 is 2.45 bits per heavy atom. The Balaban J connectivity index is 1.58. The minimum atomic E-state index is 0.377. The summed E-state index contributed by atoms with van der Waals surface area (Å²) in [6.07, 6.45) is 3.28. The first-order valence-corrected chi connectivity index (χ1v) is 8.76. The number of unbranched alkanes of at least 4 members (excludes halogenated alkanes) is 1. The largest absolute Gasteiger partial charge is 0.373 e. The van der Waals surface area contributed by atoms with Gasteiger partial charge in [0.25, 0.3) is 0 Å². The summed E-state index contributed by atoms with van der Waals surface area (Å²) in [5.41, 5.74) is 0. The average molecular weight is 314 g/mol. The fourth-order valence-electron chi connectivity index (χ4n) is 2.63. The molecule has 1 heterocycles. The van der Waals surface area contributed by atoms with E-state index < -0.39 is 0 Å². The number of halogens is 1. The molecule has 0 bridgehead atoms. The molecule has 1 saturated heterocycles. The molecule has 2 nitrogen and oxygen atoms in total. The van der Waals surface area contributed by atoms with Gasteiger partial charge in [-0.3, -0.25) is 4.90 Å². The summed E-state index contributed by atoms with van der Waals surface area (Å²) in [4.78, 5) is 3.84. The van der Waals surface area contributed by atoms with Crippen molar-refractivity contribution >= 4 is 23.4 Å². The van der Waals surface area contributed by atoms with Gasteiger partial charge in [0.1, 0.15) is 0 Å². The average Bonchev–Trinajstić information content (AvgIpc) is 2.39. The van der Waals surface area contributed by atoms with E-state index in [2.05, 4.69) is 30.9 Å². The molecule has 0 spiro atoms. The van der Waals surface area contributed by atoms with E-state index in [-0.39, 0.29) is 0 Å². The summed E-state index contributed by atoms with van der Waals surface area (Å²) in [7, 11) is 0. The van der Waals surface area contributed by atoms with Gasteiger partial charge in [0.05, 0.1) is 12.2 Å². The number of rotatable bonds is 6. The number of thioether (sulfide) groups is 1. The van der Waals surface area contributed by atoms with Crippen LogP contribution in [0.25, 0.3) is 0 Å². The zero-order valence-corrected chi connectivity index (χ0v) is 13.9. The van der Waals surface area contributed by atoms with E-state index in [1.807, 2.05) is 23.9 Å².